The van der Waals surface area contributed by atoms with Crippen molar-refractivity contribution < 1.29 is 38.4 Å². The van der Waals surface area contributed by atoms with Crippen LogP contribution in [0.1, 0.15) is 40.0 Å². The van der Waals surface area contributed by atoms with E-state index in [9.17, 15) is 38.4 Å². The third-order valence-electron chi connectivity index (χ3n) is 15.2. The lowest BCUT2D eigenvalue weighted by atomic mass is 10.0. The molecule has 0 bridgehead atoms. The van der Waals surface area contributed by atoms with Crippen molar-refractivity contribution in [1.82, 2.24) is 43.8 Å². The van der Waals surface area contributed by atoms with Crippen molar-refractivity contribution in [1.29, 1.82) is 0 Å². The van der Waals surface area contributed by atoms with Crippen LogP contribution in [0.5, 0.6) is 0 Å². The normalized spacial score (nSPS) is 28.3. The lowest BCUT2D eigenvalue weighted by molar-refractivity contribution is 0.373. The molecule has 3 aromatic carbocycles. The summed E-state index contributed by atoms with van der Waals surface area (Å²) in [6.45, 7) is 10.0. The van der Waals surface area contributed by atoms with Crippen LogP contribution in [-0.4, -0.2) is 129 Å². The molecule has 3 aromatic heterocycles. The van der Waals surface area contributed by atoms with Crippen LogP contribution in [0, 0.1) is 35.2 Å². The number of nitrogens with one attached hydrogen (secondary N) is 3. The van der Waals surface area contributed by atoms with Crippen molar-refractivity contribution in [3.8, 4) is 0 Å². The van der Waals surface area contributed by atoms with Gasteiger partial charge in [-0.3, -0.25) is 15.0 Å². The summed E-state index contributed by atoms with van der Waals surface area (Å²) in [4.78, 5) is 11.5. The van der Waals surface area contributed by atoms with E-state index < -0.39 is 47.5 Å². The molecule has 0 radical (unpaired) electrons. The fourth-order valence-corrected chi connectivity index (χ4v) is 17.6. The number of hydrogen-bond donors (Lipinski definition) is 3. The Labute approximate surface area is 400 Å². The zero-order valence-electron chi connectivity index (χ0n) is 38.2. The van der Waals surface area contributed by atoms with Crippen LogP contribution >= 0.6 is 0 Å². The number of pyridine rings is 3. The van der Waals surface area contributed by atoms with Gasteiger partial charge >= 0.3 is 0 Å². The molecule has 9 atom stereocenters. The highest BCUT2D eigenvalue weighted by Crippen LogP contribution is 2.39. The predicted octanol–water partition coefficient (Wildman–Crippen LogP) is 5.23. The Kier molecular flexibility index (Phi) is 12.8. The average Bonchev–Trinajstić information content (AvgIpc) is 4.20. The van der Waals surface area contributed by atoms with E-state index in [0.29, 0.717) is 53.5 Å². The number of rotatable bonds is 6. The largest absolute Gasteiger partial charge is 0.312 e. The Morgan fingerprint density at radius 3 is 0.986 bits per heavy atom. The molecule has 3 N–H and O–H groups in total. The first-order valence-electron chi connectivity index (χ1n) is 23.3. The summed E-state index contributed by atoms with van der Waals surface area (Å²) in [6, 6.07) is 14.5. The topological polar surface area (TPSA) is 187 Å². The van der Waals surface area contributed by atoms with Crippen LogP contribution in [-0.2, 0) is 30.1 Å². The van der Waals surface area contributed by atoms with Gasteiger partial charge in [-0.05, 0) is 95.6 Å². The fraction of sp³-hybridized carbons (Fsp3) is 0.438. The smallest absolute Gasteiger partial charge is 0.244 e. The van der Waals surface area contributed by atoms with Gasteiger partial charge in [-0.15, -0.1) is 0 Å². The number of fused-ring (bicyclic) bond motifs is 6. The van der Waals surface area contributed by atoms with Crippen LogP contribution in [0.3, 0.4) is 0 Å². The minimum atomic E-state index is -3.75. The maximum Gasteiger partial charge on any atom is 0.244 e. The first kappa shape index (κ1) is 47.9. The highest BCUT2D eigenvalue weighted by Gasteiger charge is 2.50. The maximum atomic E-state index is 14.2. The zero-order valence-corrected chi connectivity index (χ0v) is 40.7. The summed E-state index contributed by atoms with van der Waals surface area (Å²) in [5.41, 5.74) is 0. The van der Waals surface area contributed by atoms with Gasteiger partial charge in [0.15, 0.2) is 17.5 Å². The Morgan fingerprint density at radius 1 is 0.449 bits per heavy atom. The molecule has 3 unspecified atom stereocenters. The summed E-state index contributed by atoms with van der Waals surface area (Å²) in [7, 11) is -11.3. The molecule has 12 rings (SSSR count). The van der Waals surface area contributed by atoms with E-state index >= 15 is 0 Å². The van der Waals surface area contributed by atoms with Crippen LogP contribution < -0.4 is 16.0 Å². The third-order valence-corrected chi connectivity index (χ3v) is 21.2. The molecule has 0 spiro atoms. The Hall–Kier alpha value is -4.71. The number of aromatic nitrogens is 3. The van der Waals surface area contributed by atoms with Crippen LogP contribution in [0.4, 0.5) is 13.2 Å². The van der Waals surface area contributed by atoms with Crippen molar-refractivity contribution in [3.63, 3.8) is 0 Å². The van der Waals surface area contributed by atoms with Crippen LogP contribution in [0.25, 0.3) is 32.3 Å². The lowest BCUT2D eigenvalue weighted by Crippen LogP contribution is -2.42. The van der Waals surface area contributed by atoms with Gasteiger partial charge in [0.1, 0.15) is 0 Å². The Morgan fingerprint density at radius 2 is 0.725 bits per heavy atom. The van der Waals surface area contributed by atoms with E-state index in [2.05, 4.69) is 30.9 Å². The molecule has 6 aliphatic rings. The number of halogens is 3. The second kappa shape index (κ2) is 18.5. The highest BCUT2D eigenvalue weighted by atomic mass is 32.2. The van der Waals surface area contributed by atoms with E-state index in [1.165, 1.54) is 49.7 Å². The zero-order chi connectivity index (χ0) is 48.6. The third kappa shape index (κ3) is 8.30. The molecule has 0 aliphatic carbocycles. The van der Waals surface area contributed by atoms with Gasteiger partial charge in [-0.1, -0.05) is 36.4 Å². The molecule has 9 heterocycles. The number of nitrogens with zero attached hydrogens (tertiary/aromatic N) is 6. The van der Waals surface area contributed by atoms with E-state index in [4.69, 9.17) is 0 Å². The van der Waals surface area contributed by atoms with E-state index in [-0.39, 0.29) is 67.1 Å². The number of sulfonamides is 3. The highest BCUT2D eigenvalue weighted by molar-refractivity contribution is 7.90. The second-order valence-electron chi connectivity index (χ2n) is 19.0. The number of hydrogen-bond acceptors (Lipinski definition) is 12. The van der Waals surface area contributed by atoms with Gasteiger partial charge in [-0.25, -0.2) is 38.4 Å². The van der Waals surface area contributed by atoms with Gasteiger partial charge in [0.2, 0.25) is 30.1 Å². The van der Waals surface area contributed by atoms with Gasteiger partial charge in [-0.2, -0.15) is 12.9 Å². The van der Waals surface area contributed by atoms with Gasteiger partial charge in [0.05, 0.1) is 33.3 Å². The van der Waals surface area contributed by atoms with E-state index in [1.54, 1.807) is 36.4 Å². The molecule has 6 aliphatic heterocycles. The van der Waals surface area contributed by atoms with Gasteiger partial charge < -0.3 is 16.0 Å². The standard InChI is InChI=1S/3C16H18FN3O2S/c3*1-10-16-12(5-6-19-16)9-20(10)23(21,22)14-4-2-3-11-7-18-8-13(17)15(11)14/h3*2-4,7-8,10,12,16,19H,5-6,9H2,1H3/t2*10-,12+,16-;/m10./s1. The molecule has 15 nitrogen and oxygen atoms in total. The summed E-state index contributed by atoms with van der Waals surface area (Å²) in [6.07, 6.45) is 10.6. The first-order valence-corrected chi connectivity index (χ1v) is 27.6. The lowest BCUT2D eigenvalue weighted by Gasteiger charge is -2.24. The maximum absolute atomic E-state index is 14.2. The molecule has 69 heavy (non-hydrogen) atoms. The monoisotopic (exact) mass is 1010 g/mol. The second-order valence-corrected chi connectivity index (χ2v) is 24.5. The van der Waals surface area contributed by atoms with Crippen LogP contribution in [0.2, 0.25) is 0 Å². The first-order chi connectivity index (χ1) is 33.0. The molecule has 0 amide bonds. The molecule has 21 heteroatoms. The number of benzene rings is 3. The summed E-state index contributed by atoms with van der Waals surface area (Å²) in [5.74, 6) is -0.811. The van der Waals surface area contributed by atoms with Crippen molar-refractivity contribution >= 4 is 62.4 Å². The molecule has 0 saturated carbocycles. The van der Waals surface area contributed by atoms with Gasteiger partial charge in [0.25, 0.3) is 0 Å². The van der Waals surface area contributed by atoms with E-state index in [0.717, 1.165) is 57.5 Å². The van der Waals surface area contributed by atoms with Crippen molar-refractivity contribution in [2.45, 2.75) is 91.0 Å². The Bertz CT molecular complexity index is 2940. The molecule has 6 aromatic rings. The Balaban J connectivity index is 0.000000120. The molecule has 366 valence electrons. The van der Waals surface area contributed by atoms with E-state index in [1.807, 2.05) is 20.8 Å². The quantitative estimate of drug-likeness (QED) is 0.198. The fourth-order valence-electron chi connectivity index (χ4n) is 11.8. The molecular weight excluding hydrogens is 952 g/mol. The van der Waals surface area contributed by atoms with Crippen molar-refractivity contribution in [3.05, 3.63) is 109 Å². The molecular formula is C48H54F3N9O6S3. The summed E-state index contributed by atoms with van der Waals surface area (Å²) in [5, 5.41) is 12.0. The predicted molar refractivity (Wildman–Crippen MR) is 255 cm³/mol. The summed E-state index contributed by atoms with van der Waals surface area (Å²) >= 11 is 0. The SMILES string of the molecule is CC1C2NCCC2CN1S(=O)(=O)c1cccc2cncc(F)c12.C[C@@H]1[C@H]2NCC[C@H]2CN1S(=O)(=O)c1cccc2cncc(F)c12.C[C@H]1[C@@H]2NCC[C@@H]2CN1S(=O)(=O)c1cccc2cncc(F)c12. The minimum Gasteiger partial charge on any atom is -0.312 e. The average molecular weight is 1010 g/mol. The summed E-state index contributed by atoms with van der Waals surface area (Å²) < 4.78 is 126. The van der Waals surface area contributed by atoms with Gasteiger partial charge in [0, 0.05) is 107 Å². The minimum absolute atomic E-state index is 0.0294. The van der Waals surface area contributed by atoms with Crippen LogP contribution in [0.15, 0.2) is 106 Å². The van der Waals surface area contributed by atoms with Crippen molar-refractivity contribution in [2.24, 2.45) is 17.8 Å². The molecule has 6 fully saturated rings. The molecule has 6 saturated heterocycles. The van der Waals surface area contributed by atoms with Crippen molar-refractivity contribution in [2.75, 3.05) is 39.3 Å².